The van der Waals surface area contributed by atoms with Gasteiger partial charge in [0.1, 0.15) is 0 Å². The monoisotopic (exact) mass is 184 g/mol. The summed E-state index contributed by atoms with van der Waals surface area (Å²) in [6, 6.07) is 0. The van der Waals surface area contributed by atoms with Crippen molar-refractivity contribution in [3.8, 4) is 0 Å². The zero-order valence-electron chi connectivity index (χ0n) is 9.34. The molecule has 1 aliphatic carbocycles. The van der Waals surface area contributed by atoms with Gasteiger partial charge < -0.3 is 5.11 Å². The molecule has 0 heterocycles. The minimum Gasteiger partial charge on any atom is -0.390 e. The zero-order chi connectivity index (χ0) is 9.90. The van der Waals surface area contributed by atoms with Crippen molar-refractivity contribution in [2.24, 2.45) is 11.8 Å². The molecule has 13 heavy (non-hydrogen) atoms. The first-order valence-corrected chi connectivity index (χ1v) is 5.76. The van der Waals surface area contributed by atoms with Crippen LogP contribution in [0.5, 0.6) is 0 Å². The second-order valence-electron chi connectivity index (χ2n) is 5.16. The van der Waals surface area contributed by atoms with Crippen molar-refractivity contribution < 1.29 is 5.11 Å². The fourth-order valence-corrected chi connectivity index (χ4v) is 2.57. The van der Waals surface area contributed by atoms with E-state index in [9.17, 15) is 5.11 Å². The van der Waals surface area contributed by atoms with Gasteiger partial charge in [-0.3, -0.25) is 0 Å². The molecule has 0 bridgehead atoms. The van der Waals surface area contributed by atoms with Crippen molar-refractivity contribution >= 4 is 0 Å². The van der Waals surface area contributed by atoms with Crippen molar-refractivity contribution in [3.63, 3.8) is 0 Å². The molecular formula is C12H24O. The lowest BCUT2D eigenvalue weighted by Crippen LogP contribution is -2.33. The molecule has 1 saturated carbocycles. The number of rotatable bonds is 3. The minimum atomic E-state index is -0.447. The Morgan fingerprint density at radius 3 is 2.08 bits per heavy atom. The second-order valence-corrected chi connectivity index (χ2v) is 5.16. The van der Waals surface area contributed by atoms with Crippen LogP contribution < -0.4 is 0 Å². The molecule has 1 heteroatoms. The zero-order valence-corrected chi connectivity index (χ0v) is 9.34. The molecule has 1 fully saturated rings. The van der Waals surface area contributed by atoms with Crippen LogP contribution in [0.2, 0.25) is 0 Å². The molecule has 0 aromatic carbocycles. The maximum absolute atomic E-state index is 9.86. The van der Waals surface area contributed by atoms with Gasteiger partial charge in [0.2, 0.25) is 0 Å². The Morgan fingerprint density at radius 1 is 1.15 bits per heavy atom. The van der Waals surface area contributed by atoms with Gasteiger partial charge in [0, 0.05) is 0 Å². The molecule has 1 aliphatic rings. The molecule has 0 aromatic rings. The summed E-state index contributed by atoms with van der Waals surface area (Å²) in [5.41, 5.74) is -0.447. The first kappa shape index (κ1) is 11.0. The topological polar surface area (TPSA) is 20.2 Å². The van der Waals surface area contributed by atoms with Gasteiger partial charge in [-0.15, -0.1) is 0 Å². The summed E-state index contributed by atoms with van der Waals surface area (Å²) in [4.78, 5) is 0. The molecule has 0 atom stereocenters. The third-order valence-corrected chi connectivity index (χ3v) is 3.54. The van der Waals surface area contributed by atoms with Crippen LogP contribution in [0.1, 0.15) is 59.3 Å². The lowest BCUT2D eigenvalue weighted by molar-refractivity contribution is -0.00636. The normalized spacial score (nSPS) is 30.5. The van der Waals surface area contributed by atoms with Crippen LogP contribution >= 0.6 is 0 Å². The number of hydrogen-bond donors (Lipinski definition) is 1. The molecular weight excluding hydrogens is 160 g/mol. The second kappa shape index (κ2) is 4.45. The fraction of sp³-hybridized carbons (Fsp3) is 1.00. The largest absolute Gasteiger partial charge is 0.390 e. The van der Waals surface area contributed by atoms with Crippen LogP contribution in [-0.4, -0.2) is 10.7 Å². The van der Waals surface area contributed by atoms with Crippen molar-refractivity contribution in [2.45, 2.75) is 64.9 Å². The molecule has 1 rings (SSSR count). The van der Waals surface area contributed by atoms with Crippen molar-refractivity contribution in [1.82, 2.24) is 0 Å². The highest BCUT2D eigenvalue weighted by atomic mass is 16.3. The predicted molar refractivity (Wildman–Crippen MR) is 56.7 cm³/mol. The number of hydrogen-bond acceptors (Lipinski definition) is 1. The summed E-state index contributed by atoms with van der Waals surface area (Å²) in [5, 5.41) is 9.86. The predicted octanol–water partition coefficient (Wildman–Crippen LogP) is 3.36. The van der Waals surface area contributed by atoms with Crippen molar-refractivity contribution in [1.29, 1.82) is 0 Å². The number of aliphatic hydroxyl groups is 1. The average Bonchev–Trinajstić information content (AvgIpc) is 2.04. The summed E-state index contributed by atoms with van der Waals surface area (Å²) in [6.45, 7) is 6.18. The SMILES string of the molecule is CCCC1CCC(C(C)(C)O)CC1. The molecule has 0 aliphatic heterocycles. The molecule has 78 valence electrons. The van der Waals surface area contributed by atoms with Crippen molar-refractivity contribution in [2.75, 3.05) is 0 Å². The van der Waals surface area contributed by atoms with E-state index in [1.54, 1.807) is 0 Å². The van der Waals surface area contributed by atoms with Gasteiger partial charge in [-0.05, 0) is 38.5 Å². The smallest absolute Gasteiger partial charge is 0.0619 e. The molecule has 0 unspecified atom stereocenters. The Hall–Kier alpha value is -0.0400. The molecule has 0 radical (unpaired) electrons. The van der Waals surface area contributed by atoms with Crippen LogP contribution in [0.3, 0.4) is 0 Å². The lowest BCUT2D eigenvalue weighted by atomic mass is 9.74. The summed E-state index contributed by atoms with van der Waals surface area (Å²) >= 11 is 0. The van der Waals surface area contributed by atoms with E-state index in [-0.39, 0.29) is 0 Å². The summed E-state index contributed by atoms with van der Waals surface area (Å²) in [6.07, 6.45) is 7.84. The third-order valence-electron chi connectivity index (χ3n) is 3.54. The molecule has 0 saturated heterocycles. The van der Waals surface area contributed by atoms with E-state index >= 15 is 0 Å². The van der Waals surface area contributed by atoms with Gasteiger partial charge in [-0.2, -0.15) is 0 Å². The molecule has 1 N–H and O–H groups in total. The highest BCUT2D eigenvalue weighted by Crippen LogP contribution is 2.36. The van der Waals surface area contributed by atoms with Gasteiger partial charge in [0.25, 0.3) is 0 Å². The highest BCUT2D eigenvalue weighted by Gasteiger charge is 2.30. The Labute approximate surface area is 82.5 Å². The van der Waals surface area contributed by atoms with Crippen LogP contribution in [0.25, 0.3) is 0 Å². The Kier molecular flexibility index (Phi) is 3.78. The molecule has 0 amide bonds. The van der Waals surface area contributed by atoms with E-state index in [0.29, 0.717) is 5.92 Å². The standard InChI is InChI=1S/C12H24O/c1-4-5-10-6-8-11(9-7-10)12(2,3)13/h10-11,13H,4-9H2,1-3H3. The fourth-order valence-electron chi connectivity index (χ4n) is 2.57. The van der Waals surface area contributed by atoms with Crippen LogP contribution in [0.4, 0.5) is 0 Å². The van der Waals surface area contributed by atoms with Crippen molar-refractivity contribution in [3.05, 3.63) is 0 Å². The van der Waals surface area contributed by atoms with E-state index in [1.807, 2.05) is 13.8 Å². The minimum absolute atomic E-state index is 0.447. The third kappa shape index (κ3) is 3.30. The average molecular weight is 184 g/mol. The van der Waals surface area contributed by atoms with Crippen LogP contribution in [-0.2, 0) is 0 Å². The maximum Gasteiger partial charge on any atom is 0.0619 e. The molecule has 0 aromatic heterocycles. The van der Waals surface area contributed by atoms with Crippen LogP contribution in [0.15, 0.2) is 0 Å². The van der Waals surface area contributed by atoms with Gasteiger partial charge in [0.15, 0.2) is 0 Å². The van der Waals surface area contributed by atoms with Crippen LogP contribution in [0, 0.1) is 11.8 Å². The molecule has 0 spiro atoms. The van der Waals surface area contributed by atoms with Gasteiger partial charge in [-0.1, -0.05) is 32.6 Å². The van der Waals surface area contributed by atoms with Gasteiger partial charge >= 0.3 is 0 Å². The summed E-state index contributed by atoms with van der Waals surface area (Å²) < 4.78 is 0. The lowest BCUT2D eigenvalue weighted by Gasteiger charge is -2.35. The summed E-state index contributed by atoms with van der Waals surface area (Å²) in [7, 11) is 0. The Morgan fingerprint density at radius 2 is 1.69 bits per heavy atom. The van der Waals surface area contributed by atoms with Gasteiger partial charge in [0.05, 0.1) is 5.60 Å². The highest BCUT2D eigenvalue weighted by molar-refractivity contribution is 4.82. The quantitative estimate of drug-likeness (QED) is 0.713. The van der Waals surface area contributed by atoms with E-state index in [2.05, 4.69) is 6.92 Å². The van der Waals surface area contributed by atoms with E-state index < -0.39 is 5.60 Å². The first-order chi connectivity index (χ1) is 6.04. The van der Waals surface area contributed by atoms with E-state index in [4.69, 9.17) is 0 Å². The first-order valence-electron chi connectivity index (χ1n) is 5.76. The Bertz CT molecular complexity index is 138. The maximum atomic E-state index is 9.86. The van der Waals surface area contributed by atoms with E-state index in [1.165, 1.54) is 38.5 Å². The Balaban J connectivity index is 2.30. The van der Waals surface area contributed by atoms with E-state index in [0.717, 1.165) is 5.92 Å². The summed E-state index contributed by atoms with van der Waals surface area (Å²) in [5.74, 6) is 1.49. The van der Waals surface area contributed by atoms with Gasteiger partial charge in [-0.25, -0.2) is 0 Å². The molecule has 1 nitrogen and oxygen atoms in total.